The van der Waals surface area contributed by atoms with Gasteiger partial charge in [0.05, 0.1) is 0 Å². The third kappa shape index (κ3) is 2.44. The Labute approximate surface area is 154 Å². The van der Waals surface area contributed by atoms with Crippen LogP contribution in [0.15, 0.2) is 84.9 Å². The Morgan fingerprint density at radius 1 is 0.654 bits per heavy atom. The smallest absolute Gasteiger partial charge is 0.405 e. The number of aryl methyl sites for hydroxylation is 1. The summed E-state index contributed by atoms with van der Waals surface area (Å²) in [7, 11) is 0. The molecule has 26 heavy (non-hydrogen) atoms. The molecule has 0 unspecified atom stereocenters. The molecule has 4 aromatic rings. The minimum Gasteiger partial charge on any atom is -0.405 e. The Morgan fingerprint density at radius 2 is 1.31 bits per heavy atom. The molecule has 0 aliphatic carbocycles. The van der Waals surface area contributed by atoms with Crippen molar-refractivity contribution in [3.05, 3.63) is 90.5 Å². The molecule has 0 atom stereocenters. The van der Waals surface area contributed by atoms with E-state index in [2.05, 4.69) is 102 Å². The molecule has 2 N–H and O–H groups in total. The van der Waals surface area contributed by atoms with Gasteiger partial charge in [-0.3, -0.25) is 0 Å². The van der Waals surface area contributed by atoms with Gasteiger partial charge in [0, 0.05) is 16.8 Å². The molecule has 0 saturated heterocycles. The fourth-order valence-corrected chi connectivity index (χ4v) is 3.83. The summed E-state index contributed by atoms with van der Waals surface area (Å²) in [5, 5.41) is 9.89. The summed E-state index contributed by atoms with van der Waals surface area (Å²) in [5.41, 5.74) is 7.39. The molecule has 0 spiro atoms. The number of hydrogen-bond donors (Lipinski definition) is 2. The van der Waals surface area contributed by atoms with Crippen LogP contribution in [-0.4, -0.2) is 6.98 Å². The maximum absolute atomic E-state index is 3.69. The highest BCUT2D eigenvalue weighted by Crippen LogP contribution is 2.34. The summed E-state index contributed by atoms with van der Waals surface area (Å²) in [6, 6.07) is 30.2. The van der Waals surface area contributed by atoms with E-state index in [1.165, 1.54) is 44.3 Å². The van der Waals surface area contributed by atoms with Gasteiger partial charge in [0.25, 0.3) is 0 Å². The van der Waals surface area contributed by atoms with E-state index in [4.69, 9.17) is 0 Å². The number of rotatable bonds is 2. The van der Waals surface area contributed by atoms with E-state index in [1.807, 2.05) is 0 Å². The van der Waals surface area contributed by atoms with Crippen molar-refractivity contribution in [3.63, 3.8) is 0 Å². The molecule has 0 saturated carbocycles. The van der Waals surface area contributed by atoms with Gasteiger partial charge in [0.15, 0.2) is 0 Å². The normalized spacial score (nSPS) is 12.6. The first-order valence-corrected chi connectivity index (χ1v) is 9.00. The van der Waals surface area contributed by atoms with Crippen molar-refractivity contribution in [2.24, 2.45) is 0 Å². The quantitative estimate of drug-likeness (QED) is 0.501. The molecule has 0 radical (unpaired) electrons. The molecule has 1 aliphatic heterocycles. The molecular formula is C23H19BN2. The third-order valence-corrected chi connectivity index (χ3v) is 5.14. The summed E-state index contributed by atoms with van der Waals surface area (Å²) in [5.74, 6) is 0. The highest BCUT2D eigenvalue weighted by molar-refractivity contribution is 6.81. The van der Waals surface area contributed by atoms with Crippen molar-refractivity contribution in [3.8, 4) is 11.1 Å². The summed E-state index contributed by atoms with van der Waals surface area (Å²) in [6.07, 6.45) is 0. The zero-order valence-electron chi connectivity index (χ0n) is 14.7. The van der Waals surface area contributed by atoms with E-state index < -0.39 is 0 Å². The molecule has 0 amide bonds. The molecule has 1 heterocycles. The predicted octanol–water partition coefficient (Wildman–Crippen LogP) is 5.05. The molecule has 2 nitrogen and oxygen atoms in total. The Hall–Kier alpha value is -3.20. The Bertz CT molecular complexity index is 1060. The highest BCUT2D eigenvalue weighted by Gasteiger charge is 2.27. The van der Waals surface area contributed by atoms with Crippen molar-refractivity contribution in [1.82, 2.24) is 0 Å². The van der Waals surface area contributed by atoms with Crippen LogP contribution in [0.25, 0.3) is 21.9 Å². The monoisotopic (exact) mass is 334 g/mol. The third-order valence-electron chi connectivity index (χ3n) is 5.14. The molecule has 3 heteroatoms. The molecule has 0 bridgehead atoms. The van der Waals surface area contributed by atoms with Gasteiger partial charge >= 0.3 is 6.98 Å². The fraction of sp³-hybridized carbons (Fsp3) is 0.0435. The first kappa shape index (κ1) is 15.1. The van der Waals surface area contributed by atoms with E-state index in [1.54, 1.807) is 0 Å². The van der Waals surface area contributed by atoms with Crippen LogP contribution >= 0.6 is 0 Å². The summed E-state index contributed by atoms with van der Waals surface area (Å²) >= 11 is 0. The van der Waals surface area contributed by atoms with Crippen LogP contribution in [0.2, 0.25) is 0 Å². The van der Waals surface area contributed by atoms with Crippen LogP contribution in [0.4, 0.5) is 11.4 Å². The second kappa shape index (κ2) is 5.96. The largest absolute Gasteiger partial charge is 0.406 e. The number of anilines is 2. The lowest BCUT2D eigenvalue weighted by molar-refractivity contribution is 1.47. The van der Waals surface area contributed by atoms with Crippen molar-refractivity contribution < 1.29 is 0 Å². The van der Waals surface area contributed by atoms with E-state index in [0.717, 1.165) is 0 Å². The number of benzene rings is 4. The molecule has 124 valence electrons. The van der Waals surface area contributed by atoms with E-state index in [0.29, 0.717) is 0 Å². The van der Waals surface area contributed by atoms with Gasteiger partial charge in [-0.2, -0.15) is 0 Å². The topological polar surface area (TPSA) is 24.1 Å². The molecule has 0 fully saturated rings. The molecule has 5 rings (SSSR count). The Morgan fingerprint density at radius 3 is 2.00 bits per heavy atom. The van der Waals surface area contributed by atoms with E-state index >= 15 is 0 Å². The SMILES string of the molecule is Cc1ccc(-c2ccccc2B2Nc3cccc4cccc(c34)N2)cc1. The maximum Gasteiger partial charge on any atom is 0.406 e. The first-order chi connectivity index (χ1) is 12.8. The van der Waals surface area contributed by atoms with Crippen LogP contribution in [0.1, 0.15) is 5.56 Å². The van der Waals surface area contributed by atoms with Crippen LogP contribution in [0, 0.1) is 6.92 Å². The highest BCUT2D eigenvalue weighted by atomic mass is 15.0. The van der Waals surface area contributed by atoms with Crippen LogP contribution < -0.4 is 15.9 Å². The lowest BCUT2D eigenvalue weighted by atomic mass is 9.63. The maximum atomic E-state index is 3.69. The van der Waals surface area contributed by atoms with Crippen molar-refractivity contribution >= 4 is 34.6 Å². The lowest BCUT2D eigenvalue weighted by Crippen LogP contribution is -2.48. The second-order valence-electron chi connectivity index (χ2n) is 6.88. The van der Waals surface area contributed by atoms with Crippen LogP contribution in [0.3, 0.4) is 0 Å². The standard InChI is InChI=1S/C23H19BN2/c1-16-12-14-17(15-13-16)19-8-2-3-9-20(19)24-25-21-10-4-6-18-7-5-11-22(26-24)23(18)21/h2-15,25-26H,1H3. The van der Waals surface area contributed by atoms with Gasteiger partial charge in [-0.1, -0.05) is 78.4 Å². The minimum atomic E-state index is 0.0352. The van der Waals surface area contributed by atoms with E-state index in [-0.39, 0.29) is 6.98 Å². The molecular weight excluding hydrogens is 315 g/mol. The van der Waals surface area contributed by atoms with E-state index in [9.17, 15) is 0 Å². The first-order valence-electron chi connectivity index (χ1n) is 9.00. The predicted molar refractivity (Wildman–Crippen MR) is 113 cm³/mol. The van der Waals surface area contributed by atoms with Gasteiger partial charge in [-0.05, 0) is 41.0 Å². The molecule has 1 aliphatic rings. The molecule has 0 aromatic heterocycles. The fourth-order valence-electron chi connectivity index (χ4n) is 3.83. The zero-order chi connectivity index (χ0) is 17.5. The molecule has 4 aromatic carbocycles. The Balaban J connectivity index is 1.61. The van der Waals surface area contributed by atoms with Gasteiger partial charge < -0.3 is 10.5 Å². The zero-order valence-corrected chi connectivity index (χ0v) is 14.7. The number of nitrogens with one attached hydrogen (secondary N) is 2. The van der Waals surface area contributed by atoms with Crippen LogP contribution in [-0.2, 0) is 0 Å². The second-order valence-corrected chi connectivity index (χ2v) is 6.88. The van der Waals surface area contributed by atoms with Gasteiger partial charge in [0.1, 0.15) is 0 Å². The lowest BCUT2D eigenvalue weighted by Gasteiger charge is -2.28. The van der Waals surface area contributed by atoms with Crippen molar-refractivity contribution in [1.29, 1.82) is 0 Å². The van der Waals surface area contributed by atoms with Gasteiger partial charge in [0.2, 0.25) is 0 Å². The minimum absolute atomic E-state index is 0.0352. The Kier molecular flexibility index (Phi) is 3.46. The van der Waals surface area contributed by atoms with Crippen molar-refractivity contribution in [2.45, 2.75) is 6.92 Å². The summed E-state index contributed by atoms with van der Waals surface area (Å²) in [6.45, 7) is 2.16. The van der Waals surface area contributed by atoms with Gasteiger partial charge in [-0.15, -0.1) is 0 Å². The van der Waals surface area contributed by atoms with Crippen LogP contribution in [0.5, 0.6) is 0 Å². The average Bonchev–Trinajstić information content (AvgIpc) is 2.69. The summed E-state index contributed by atoms with van der Waals surface area (Å²) < 4.78 is 0. The van der Waals surface area contributed by atoms with Gasteiger partial charge in [-0.25, -0.2) is 0 Å². The van der Waals surface area contributed by atoms with Crippen molar-refractivity contribution in [2.75, 3.05) is 10.5 Å². The average molecular weight is 334 g/mol. The number of hydrogen-bond acceptors (Lipinski definition) is 2. The summed E-state index contributed by atoms with van der Waals surface area (Å²) in [4.78, 5) is 0.